The second-order valence-electron chi connectivity index (χ2n) is 7.34. The van der Waals surface area contributed by atoms with Crippen LogP contribution in [-0.4, -0.2) is 36.4 Å². The molecule has 5 rings (SSSR count). The van der Waals surface area contributed by atoms with E-state index in [0.29, 0.717) is 12.2 Å². The Bertz CT molecular complexity index is 1030. The molecule has 2 aromatic carbocycles. The Hall–Kier alpha value is -2.77. The quantitative estimate of drug-likeness (QED) is 0.715. The van der Waals surface area contributed by atoms with Crippen molar-refractivity contribution in [1.82, 2.24) is 4.98 Å². The van der Waals surface area contributed by atoms with Crippen molar-refractivity contribution in [3.63, 3.8) is 0 Å². The molecule has 3 heterocycles. The van der Waals surface area contributed by atoms with Crippen LogP contribution in [0.2, 0.25) is 0 Å². The van der Waals surface area contributed by atoms with Crippen molar-refractivity contribution < 1.29 is 14.5 Å². The minimum Gasteiger partial charge on any atom is -0.323 e. The summed E-state index contributed by atoms with van der Waals surface area (Å²) in [5.41, 5.74) is 2.51. The lowest BCUT2D eigenvalue weighted by atomic mass is 10.2. The highest BCUT2D eigenvalue weighted by Crippen LogP contribution is 2.30. The number of nitrogens with zero attached hydrogens (tertiary/aromatic N) is 2. The molecule has 2 aliphatic heterocycles. The lowest BCUT2D eigenvalue weighted by Crippen LogP contribution is -3.11. The van der Waals surface area contributed by atoms with Gasteiger partial charge in [-0.15, -0.1) is 11.3 Å². The molecule has 2 aliphatic rings. The fraction of sp³-hybridized carbons (Fsp3) is 0.286. The van der Waals surface area contributed by atoms with E-state index in [2.05, 4.69) is 11.4 Å². The molecule has 6 nitrogen and oxygen atoms in total. The van der Waals surface area contributed by atoms with Crippen LogP contribution < -0.4 is 15.1 Å². The fourth-order valence-electron chi connectivity index (χ4n) is 4.21. The molecule has 28 heavy (non-hydrogen) atoms. The molecule has 142 valence electrons. The van der Waals surface area contributed by atoms with Crippen molar-refractivity contribution in [2.75, 3.05) is 29.9 Å². The maximum Gasteiger partial charge on any atom is 0.282 e. The van der Waals surface area contributed by atoms with Gasteiger partial charge < -0.3 is 10.2 Å². The summed E-state index contributed by atoms with van der Waals surface area (Å²) in [4.78, 5) is 32.8. The number of aromatic nitrogens is 1. The fourth-order valence-corrected chi connectivity index (χ4v) is 5.37. The molecule has 1 saturated heterocycles. The van der Waals surface area contributed by atoms with Crippen LogP contribution in [-0.2, 0) is 9.59 Å². The zero-order chi connectivity index (χ0) is 19.1. The van der Waals surface area contributed by atoms with E-state index in [4.69, 9.17) is 4.98 Å². The van der Waals surface area contributed by atoms with Crippen molar-refractivity contribution in [1.29, 1.82) is 0 Å². The number of thiazole rings is 1. The third-order valence-electron chi connectivity index (χ3n) is 5.54. The summed E-state index contributed by atoms with van der Waals surface area (Å²) >= 11 is 1.73. The highest BCUT2D eigenvalue weighted by molar-refractivity contribution is 7.18. The largest absolute Gasteiger partial charge is 0.323 e. The smallest absolute Gasteiger partial charge is 0.282 e. The normalized spacial score (nSPS) is 21.6. The van der Waals surface area contributed by atoms with Gasteiger partial charge in [-0.2, -0.15) is 0 Å². The van der Waals surface area contributed by atoms with Crippen LogP contribution in [0.4, 0.5) is 11.4 Å². The number of fused-ring (bicyclic) bond motifs is 2. The lowest BCUT2D eigenvalue weighted by molar-refractivity contribution is -0.910. The standard InChI is InChI=1S/C21H20N4O2S/c26-19-12-25(16-8-3-1-6-14(16)22-19)20(27)13-24-11-5-9-17(24)21-23-15-7-2-4-10-18(15)28-21/h1-4,6-8,10,17H,5,9,11-13H2,(H,22,26)/p+1/t17-/m1/s1. The summed E-state index contributed by atoms with van der Waals surface area (Å²) in [6.45, 7) is 1.41. The minimum atomic E-state index is -0.147. The van der Waals surface area contributed by atoms with E-state index in [1.807, 2.05) is 42.5 Å². The maximum absolute atomic E-state index is 13.1. The topological polar surface area (TPSA) is 66.7 Å². The third-order valence-corrected chi connectivity index (χ3v) is 6.69. The lowest BCUT2D eigenvalue weighted by Gasteiger charge is -2.30. The number of amides is 2. The zero-order valence-corrected chi connectivity index (χ0v) is 16.2. The zero-order valence-electron chi connectivity index (χ0n) is 15.4. The van der Waals surface area contributed by atoms with E-state index in [1.165, 1.54) is 9.60 Å². The van der Waals surface area contributed by atoms with Crippen LogP contribution in [0.3, 0.4) is 0 Å². The van der Waals surface area contributed by atoms with Crippen molar-refractivity contribution in [3.8, 4) is 0 Å². The van der Waals surface area contributed by atoms with Gasteiger partial charge in [0.2, 0.25) is 5.91 Å². The van der Waals surface area contributed by atoms with Gasteiger partial charge in [0.25, 0.3) is 5.91 Å². The number of anilines is 2. The van der Waals surface area contributed by atoms with E-state index in [0.717, 1.165) is 35.6 Å². The summed E-state index contributed by atoms with van der Waals surface area (Å²) in [7, 11) is 0. The first-order valence-electron chi connectivity index (χ1n) is 9.58. The molecule has 1 fully saturated rings. The van der Waals surface area contributed by atoms with Crippen LogP contribution in [0.1, 0.15) is 23.9 Å². The molecule has 0 aliphatic carbocycles. The summed E-state index contributed by atoms with van der Waals surface area (Å²) in [6, 6.07) is 15.9. The molecule has 0 saturated carbocycles. The van der Waals surface area contributed by atoms with Crippen LogP contribution in [0.5, 0.6) is 0 Å². The van der Waals surface area contributed by atoms with Crippen LogP contribution in [0.15, 0.2) is 48.5 Å². The number of carbonyl (C=O) groups excluding carboxylic acids is 2. The molecule has 2 atom stereocenters. The number of rotatable bonds is 3. The molecule has 3 aromatic rings. The van der Waals surface area contributed by atoms with Gasteiger partial charge in [0, 0.05) is 12.8 Å². The number of hydrogen-bond donors (Lipinski definition) is 2. The molecule has 0 spiro atoms. The second-order valence-corrected chi connectivity index (χ2v) is 8.41. The van der Waals surface area contributed by atoms with E-state index >= 15 is 0 Å². The Morgan fingerprint density at radius 3 is 2.93 bits per heavy atom. The number of nitrogens with one attached hydrogen (secondary N) is 2. The predicted molar refractivity (Wildman–Crippen MR) is 110 cm³/mol. The Labute approximate surface area is 166 Å². The van der Waals surface area contributed by atoms with Gasteiger partial charge >= 0.3 is 0 Å². The van der Waals surface area contributed by atoms with Crippen molar-refractivity contribution in [2.24, 2.45) is 0 Å². The Balaban J connectivity index is 1.38. The predicted octanol–water partition coefficient (Wildman–Crippen LogP) is 2.00. The minimum absolute atomic E-state index is 0.00897. The molecule has 7 heteroatoms. The van der Waals surface area contributed by atoms with Gasteiger partial charge in [-0.05, 0) is 24.3 Å². The van der Waals surface area contributed by atoms with Crippen molar-refractivity contribution in [2.45, 2.75) is 18.9 Å². The van der Waals surface area contributed by atoms with Crippen molar-refractivity contribution >= 4 is 44.7 Å². The van der Waals surface area contributed by atoms with E-state index in [1.54, 1.807) is 16.2 Å². The summed E-state index contributed by atoms with van der Waals surface area (Å²) in [5.74, 6) is -0.156. The first kappa shape index (κ1) is 17.3. The van der Waals surface area contributed by atoms with E-state index in [-0.39, 0.29) is 24.4 Å². The Kier molecular flexibility index (Phi) is 4.33. The van der Waals surface area contributed by atoms with Crippen LogP contribution >= 0.6 is 11.3 Å². The van der Waals surface area contributed by atoms with E-state index in [9.17, 15) is 9.59 Å². The van der Waals surface area contributed by atoms with Gasteiger partial charge in [0.1, 0.15) is 12.6 Å². The summed E-state index contributed by atoms with van der Waals surface area (Å²) in [6.07, 6.45) is 2.12. The highest BCUT2D eigenvalue weighted by Gasteiger charge is 2.36. The number of benzene rings is 2. The molecule has 0 bridgehead atoms. The maximum atomic E-state index is 13.1. The van der Waals surface area contributed by atoms with Gasteiger partial charge in [-0.25, -0.2) is 4.98 Å². The number of carbonyl (C=O) groups is 2. The SMILES string of the molecule is O=C1CN(C(=O)C[NH+]2CCC[C@@H]2c2nc3ccccc3s2)c2ccccc2N1. The first-order valence-corrected chi connectivity index (χ1v) is 10.4. The van der Waals surface area contributed by atoms with E-state index < -0.39 is 0 Å². The molecule has 0 radical (unpaired) electrons. The summed E-state index contributed by atoms with van der Waals surface area (Å²) in [5, 5.41) is 3.95. The highest BCUT2D eigenvalue weighted by atomic mass is 32.1. The molecular formula is C21H21N4O2S+. The Morgan fingerprint density at radius 1 is 1.21 bits per heavy atom. The summed E-state index contributed by atoms with van der Waals surface area (Å²) < 4.78 is 1.19. The molecule has 2 amide bonds. The van der Waals surface area contributed by atoms with Gasteiger partial charge in [-0.3, -0.25) is 14.5 Å². The van der Waals surface area contributed by atoms with Crippen molar-refractivity contribution in [3.05, 3.63) is 53.5 Å². The number of quaternary nitrogens is 1. The average molecular weight is 393 g/mol. The monoisotopic (exact) mass is 393 g/mol. The molecule has 2 N–H and O–H groups in total. The van der Waals surface area contributed by atoms with Gasteiger partial charge in [0.15, 0.2) is 11.6 Å². The van der Waals surface area contributed by atoms with Gasteiger partial charge in [-0.1, -0.05) is 24.3 Å². The molecular weight excluding hydrogens is 372 g/mol. The van der Waals surface area contributed by atoms with Crippen LogP contribution in [0.25, 0.3) is 10.2 Å². The van der Waals surface area contributed by atoms with Crippen LogP contribution in [0, 0.1) is 0 Å². The number of hydrogen-bond acceptors (Lipinski definition) is 4. The molecule has 1 aromatic heterocycles. The number of likely N-dealkylation sites (tertiary alicyclic amines) is 1. The number of para-hydroxylation sites is 3. The first-order chi connectivity index (χ1) is 13.7. The Morgan fingerprint density at radius 2 is 2.04 bits per heavy atom. The third kappa shape index (κ3) is 3.06. The average Bonchev–Trinajstić information content (AvgIpc) is 3.33. The second kappa shape index (κ2) is 7.00. The van der Waals surface area contributed by atoms with Gasteiger partial charge in [0.05, 0.1) is 28.1 Å². The molecule has 1 unspecified atom stereocenters.